The number of rotatable bonds is 8. The summed E-state index contributed by atoms with van der Waals surface area (Å²) in [7, 11) is 0. The highest BCUT2D eigenvalue weighted by Gasteiger charge is 2.58. The number of likely N-dealkylation sites (tertiary alicyclic amines) is 1. The Balaban J connectivity index is 1.07. The molecule has 6 nitrogen and oxygen atoms in total. The molecule has 0 bridgehead atoms. The van der Waals surface area contributed by atoms with E-state index >= 15 is 0 Å². The number of hydrogen-bond donors (Lipinski definition) is 1. The van der Waals surface area contributed by atoms with Crippen LogP contribution in [0.5, 0.6) is 0 Å². The quantitative estimate of drug-likeness (QED) is 0.381. The zero-order valence-electron chi connectivity index (χ0n) is 21.1. The van der Waals surface area contributed by atoms with Crippen LogP contribution in [0.25, 0.3) is 16.9 Å². The van der Waals surface area contributed by atoms with E-state index in [1.807, 2.05) is 47.1 Å². The lowest BCUT2D eigenvalue weighted by atomic mass is 9.90. The molecule has 188 valence electrons. The molecule has 2 aromatic carbocycles. The maximum atomic E-state index is 12.8. The van der Waals surface area contributed by atoms with Gasteiger partial charge in [-0.2, -0.15) is 5.10 Å². The molecule has 1 atom stereocenters. The van der Waals surface area contributed by atoms with E-state index in [1.54, 1.807) is 6.20 Å². The number of aromatic nitrogens is 3. The van der Waals surface area contributed by atoms with Crippen LogP contribution in [0.1, 0.15) is 30.5 Å². The molecule has 1 N–H and O–H groups in total. The Kier molecular flexibility index (Phi) is 6.58. The minimum atomic E-state index is 0.166. The van der Waals surface area contributed by atoms with Crippen LogP contribution in [0.15, 0.2) is 91.3 Å². The van der Waals surface area contributed by atoms with Crippen molar-refractivity contribution >= 4 is 5.91 Å². The third kappa shape index (κ3) is 5.20. The first-order valence-electron chi connectivity index (χ1n) is 13.3. The van der Waals surface area contributed by atoms with Gasteiger partial charge in [-0.1, -0.05) is 54.6 Å². The fourth-order valence-corrected chi connectivity index (χ4v) is 5.73. The summed E-state index contributed by atoms with van der Waals surface area (Å²) < 4.78 is 2.00. The van der Waals surface area contributed by atoms with Crippen LogP contribution in [-0.2, 0) is 17.8 Å². The lowest BCUT2D eigenvalue weighted by Gasteiger charge is -2.32. The normalized spacial score (nSPS) is 18.5. The van der Waals surface area contributed by atoms with Crippen molar-refractivity contribution in [3.05, 3.63) is 103 Å². The van der Waals surface area contributed by atoms with Gasteiger partial charge in [-0.15, -0.1) is 0 Å². The van der Waals surface area contributed by atoms with Gasteiger partial charge < -0.3 is 5.32 Å². The molecular formula is C31H33N5O. The van der Waals surface area contributed by atoms with E-state index in [0.29, 0.717) is 6.54 Å². The summed E-state index contributed by atoms with van der Waals surface area (Å²) in [5.41, 5.74) is 5.71. The van der Waals surface area contributed by atoms with Crippen molar-refractivity contribution in [1.29, 1.82) is 0 Å². The van der Waals surface area contributed by atoms with Crippen LogP contribution in [-0.4, -0.2) is 45.2 Å². The van der Waals surface area contributed by atoms with Crippen LogP contribution in [0, 0.1) is 11.3 Å². The first-order chi connectivity index (χ1) is 18.2. The Morgan fingerprint density at radius 1 is 0.946 bits per heavy atom. The molecule has 0 radical (unpaired) electrons. The molecule has 2 aliphatic rings. The molecule has 1 unspecified atom stereocenters. The smallest absolute Gasteiger partial charge is 0.223 e. The van der Waals surface area contributed by atoms with Crippen molar-refractivity contribution < 1.29 is 4.79 Å². The first kappa shape index (κ1) is 23.6. The molecule has 4 aromatic rings. The molecule has 6 heteroatoms. The number of carbonyl (C=O) groups is 1. The lowest BCUT2D eigenvalue weighted by molar-refractivity contribution is -0.123. The van der Waals surface area contributed by atoms with Crippen LogP contribution >= 0.6 is 0 Å². The van der Waals surface area contributed by atoms with Crippen LogP contribution in [0.3, 0.4) is 0 Å². The van der Waals surface area contributed by atoms with Crippen molar-refractivity contribution in [2.45, 2.75) is 32.2 Å². The maximum Gasteiger partial charge on any atom is 0.223 e. The standard InChI is InChI=1S/C31H33N5O/c37-30(33-18-14-26-11-7-8-17-32-26)28-21-31(28)15-19-35(20-16-31)22-25-23-36(27-12-5-2-6-13-27)34-29(25)24-9-3-1-4-10-24/h1-13,17,23,28H,14-16,18-22H2,(H,33,37). The van der Waals surface area contributed by atoms with Crippen molar-refractivity contribution in [3.63, 3.8) is 0 Å². The summed E-state index contributed by atoms with van der Waals surface area (Å²) in [6.07, 6.45) is 7.95. The molecule has 2 fully saturated rings. The van der Waals surface area contributed by atoms with Crippen molar-refractivity contribution in [1.82, 2.24) is 25.0 Å². The molecule has 1 saturated carbocycles. The molecular weight excluding hydrogens is 458 g/mol. The molecule has 6 rings (SSSR count). The molecule has 2 aromatic heterocycles. The van der Waals surface area contributed by atoms with Gasteiger partial charge in [0.1, 0.15) is 0 Å². The van der Waals surface area contributed by atoms with Gasteiger partial charge in [0.15, 0.2) is 0 Å². The van der Waals surface area contributed by atoms with Crippen LogP contribution < -0.4 is 5.32 Å². The van der Waals surface area contributed by atoms with Crippen molar-refractivity contribution in [2.75, 3.05) is 19.6 Å². The Bertz CT molecular complexity index is 1330. The molecule has 1 saturated heterocycles. The highest BCUT2D eigenvalue weighted by molar-refractivity contribution is 5.82. The van der Waals surface area contributed by atoms with E-state index < -0.39 is 0 Å². The number of nitrogens with one attached hydrogen (secondary N) is 1. The molecule has 37 heavy (non-hydrogen) atoms. The summed E-state index contributed by atoms with van der Waals surface area (Å²) in [4.78, 5) is 19.7. The average Bonchev–Trinajstić information content (AvgIpc) is 3.50. The minimum Gasteiger partial charge on any atom is -0.355 e. The van der Waals surface area contributed by atoms with Gasteiger partial charge in [0.2, 0.25) is 5.91 Å². The molecule has 1 amide bonds. The number of amides is 1. The van der Waals surface area contributed by atoms with E-state index in [9.17, 15) is 4.79 Å². The summed E-state index contributed by atoms with van der Waals surface area (Å²) in [5, 5.41) is 8.13. The summed E-state index contributed by atoms with van der Waals surface area (Å²) in [5.74, 6) is 0.388. The maximum absolute atomic E-state index is 12.8. The Morgan fingerprint density at radius 2 is 1.68 bits per heavy atom. The van der Waals surface area contributed by atoms with Gasteiger partial charge in [0.25, 0.3) is 0 Å². The molecule has 1 aliphatic carbocycles. The summed E-state index contributed by atoms with van der Waals surface area (Å²) in [6, 6.07) is 26.7. The zero-order chi connectivity index (χ0) is 25.1. The van der Waals surface area contributed by atoms with E-state index in [4.69, 9.17) is 5.10 Å². The number of piperidine rings is 1. The van der Waals surface area contributed by atoms with Gasteiger partial charge in [-0.05, 0) is 62.0 Å². The van der Waals surface area contributed by atoms with E-state index in [1.165, 1.54) is 5.56 Å². The van der Waals surface area contributed by atoms with Crippen LogP contribution in [0.2, 0.25) is 0 Å². The second kappa shape index (κ2) is 10.3. The van der Waals surface area contributed by atoms with Gasteiger partial charge in [0.05, 0.1) is 11.4 Å². The van der Waals surface area contributed by atoms with Crippen molar-refractivity contribution in [2.24, 2.45) is 11.3 Å². The minimum absolute atomic E-state index is 0.166. The summed E-state index contributed by atoms with van der Waals surface area (Å²) >= 11 is 0. The number of carbonyl (C=O) groups excluding carboxylic acids is 1. The number of pyridine rings is 1. The zero-order valence-corrected chi connectivity index (χ0v) is 21.1. The third-order valence-corrected chi connectivity index (χ3v) is 8.02. The van der Waals surface area contributed by atoms with Gasteiger partial charge >= 0.3 is 0 Å². The topological polar surface area (TPSA) is 63.1 Å². The van der Waals surface area contributed by atoms with Gasteiger partial charge in [0, 0.05) is 54.6 Å². The predicted octanol–water partition coefficient (Wildman–Crippen LogP) is 4.90. The van der Waals surface area contributed by atoms with Gasteiger partial charge in [-0.3, -0.25) is 14.7 Å². The summed E-state index contributed by atoms with van der Waals surface area (Å²) in [6.45, 7) is 3.56. The Labute approximate surface area is 218 Å². The van der Waals surface area contributed by atoms with Crippen LogP contribution in [0.4, 0.5) is 0 Å². The average molecular weight is 492 g/mol. The molecule has 3 heterocycles. The Morgan fingerprint density at radius 3 is 2.41 bits per heavy atom. The highest BCUT2D eigenvalue weighted by Crippen LogP contribution is 2.59. The number of para-hydroxylation sites is 1. The number of benzene rings is 2. The largest absolute Gasteiger partial charge is 0.355 e. The van der Waals surface area contributed by atoms with E-state index in [0.717, 1.165) is 68.0 Å². The monoisotopic (exact) mass is 491 g/mol. The second-order valence-electron chi connectivity index (χ2n) is 10.4. The fourth-order valence-electron chi connectivity index (χ4n) is 5.73. The van der Waals surface area contributed by atoms with Crippen molar-refractivity contribution in [3.8, 4) is 16.9 Å². The highest BCUT2D eigenvalue weighted by atomic mass is 16.2. The Hall–Kier alpha value is -3.77. The van der Waals surface area contributed by atoms with Gasteiger partial charge in [-0.25, -0.2) is 4.68 Å². The predicted molar refractivity (Wildman–Crippen MR) is 145 cm³/mol. The van der Waals surface area contributed by atoms with E-state index in [-0.39, 0.29) is 17.2 Å². The fraction of sp³-hybridized carbons (Fsp3) is 0.323. The number of hydrogen-bond acceptors (Lipinski definition) is 4. The molecule has 1 aliphatic heterocycles. The number of nitrogens with zero attached hydrogens (tertiary/aromatic N) is 4. The van der Waals surface area contributed by atoms with E-state index in [2.05, 4.69) is 57.8 Å². The lowest BCUT2D eigenvalue weighted by Crippen LogP contribution is -2.37. The third-order valence-electron chi connectivity index (χ3n) is 8.02. The second-order valence-corrected chi connectivity index (χ2v) is 10.4. The molecule has 1 spiro atoms. The SMILES string of the molecule is O=C(NCCc1ccccn1)C1CC12CCN(Cc1cn(-c3ccccc3)nc1-c1ccccc1)CC2. The first-order valence-corrected chi connectivity index (χ1v) is 13.3.